The van der Waals surface area contributed by atoms with Crippen molar-refractivity contribution in [1.29, 1.82) is 0 Å². The van der Waals surface area contributed by atoms with Gasteiger partial charge in [-0.2, -0.15) is 5.10 Å². The van der Waals surface area contributed by atoms with E-state index in [1.807, 2.05) is 0 Å². The van der Waals surface area contributed by atoms with Gasteiger partial charge in [0, 0.05) is 24.7 Å². The smallest absolute Gasteiger partial charge is 0.275 e. The molecule has 0 aliphatic carbocycles. The summed E-state index contributed by atoms with van der Waals surface area (Å²) in [6, 6.07) is 2.87. The Labute approximate surface area is 151 Å². The molecule has 1 amide bonds. The number of likely N-dealkylation sites (tertiary alicyclic amines) is 1. The summed E-state index contributed by atoms with van der Waals surface area (Å²) < 4.78 is 27.7. The molecule has 1 aliphatic heterocycles. The molecule has 0 unspecified atom stereocenters. The zero-order valence-corrected chi connectivity index (χ0v) is 15.1. The van der Waals surface area contributed by atoms with Gasteiger partial charge in [-0.3, -0.25) is 14.7 Å². The first kappa shape index (κ1) is 17.7. The normalized spacial score (nSPS) is 15.4. The lowest BCUT2D eigenvalue weighted by Gasteiger charge is -2.31. The first-order chi connectivity index (χ1) is 11.9. The molecule has 1 aliphatic rings. The Morgan fingerprint density at radius 2 is 1.96 bits per heavy atom. The lowest BCUT2D eigenvalue weighted by atomic mass is 9.88. The summed E-state index contributed by atoms with van der Waals surface area (Å²) in [5.41, 5.74) is 0.837. The van der Waals surface area contributed by atoms with E-state index < -0.39 is 23.3 Å². The molecule has 3 rings (SSSR count). The number of carbonyl (C=O) groups is 2. The predicted molar refractivity (Wildman–Crippen MR) is 90.3 cm³/mol. The Morgan fingerprint density at radius 3 is 2.56 bits per heavy atom. The third-order valence-electron chi connectivity index (χ3n) is 4.42. The summed E-state index contributed by atoms with van der Waals surface area (Å²) in [5, 5.41) is 6.73. The van der Waals surface area contributed by atoms with Crippen LogP contribution in [0.3, 0.4) is 0 Å². The minimum absolute atomic E-state index is 0.223. The molecule has 2 heterocycles. The number of aromatic nitrogens is 2. The van der Waals surface area contributed by atoms with Gasteiger partial charge in [0.2, 0.25) is 0 Å². The van der Waals surface area contributed by atoms with Gasteiger partial charge in [-0.1, -0.05) is 0 Å². The Kier molecular flexibility index (Phi) is 4.99. The van der Waals surface area contributed by atoms with Gasteiger partial charge in [0.25, 0.3) is 5.91 Å². The Hall–Kier alpha value is -2.09. The maximum absolute atomic E-state index is 13.8. The maximum atomic E-state index is 13.8. The van der Waals surface area contributed by atoms with Gasteiger partial charge in [0.05, 0.1) is 10.0 Å². The van der Waals surface area contributed by atoms with Crippen LogP contribution in [-0.4, -0.2) is 39.9 Å². The fourth-order valence-electron chi connectivity index (χ4n) is 2.96. The number of carbonyl (C=O) groups excluding carboxylic acids is 2. The number of ketones is 1. The molecule has 1 saturated heterocycles. The van der Waals surface area contributed by atoms with Gasteiger partial charge in [-0.05, 0) is 53.9 Å². The standard InChI is InChI=1S/C17H16BrF2N3O2/c1-9-14(18)15(22-21-9)17(25)23-6-4-10(5-7-23)16(24)12-8-11(19)2-3-13(12)20/h2-3,8,10H,4-7H2,1H3,(H,21,22). The van der Waals surface area contributed by atoms with Crippen molar-refractivity contribution in [1.82, 2.24) is 15.1 Å². The molecule has 5 nitrogen and oxygen atoms in total. The number of aryl methyl sites for hydroxylation is 1. The molecular formula is C17H16BrF2N3O2. The highest BCUT2D eigenvalue weighted by atomic mass is 79.9. The van der Waals surface area contributed by atoms with E-state index >= 15 is 0 Å². The largest absolute Gasteiger partial charge is 0.337 e. The number of nitrogens with zero attached hydrogens (tertiary/aromatic N) is 2. The Morgan fingerprint density at radius 1 is 1.28 bits per heavy atom. The molecule has 25 heavy (non-hydrogen) atoms. The number of benzene rings is 1. The van der Waals surface area contributed by atoms with Gasteiger partial charge in [0.1, 0.15) is 11.6 Å². The summed E-state index contributed by atoms with van der Waals surface area (Å²) in [6.07, 6.45) is 0.809. The second-order valence-electron chi connectivity index (χ2n) is 6.07. The molecule has 0 radical (unpaired) electrons. The summed E-state index contributed by atoms with van der Waals surface area (Å²) in [6.45, 7) is 2.53. The lowest BCUT2D eigenvalue weighted by Crippen LogP contribution is -2.40. The number of aromatic amines is 1. The Bertz CT molecular complexity index is 829. The van der Waals surface area contributed by atoms with E-state index in [0.717, 1.165) is 23.9 Å². The van der Waals surface area contributed by atoms with Crippen molar-refractivity contribution in [3.63, 3.8) is 0 Å². The van der Waals surface area contributed by atoms with Crippen LogP contribution in [0.2, 0.25) is 0 Å². The van der Waals surface area contributed by atoms with Crippen LogP contribution in [-0.2, 0) is 0 Å². The monoisotopic (exact) mass is 411 g/mol. The van der Waals surface area contributed by atoms with Crippen LogP contribution in [0.1, 0.15) is 39.4 Å². The highest BCUT2D eigenvalue weighted by Crippen LogP contribution is 2.26. The second kappa shape index (κ2) is 7.03. The van der Waals surface area contributed by atoms with E-state index in [4.69, 9.17) is 0 Å². The molecule has 1 aromatic carbocycles. The molecule has 0 atom stereocenters. The van der Waals surface area contributed by atoms with Crippen molar-refractivity contribution in [2.75, 3.05) is 13.1 Å². The molecule has 0 bridgehead atoms. The number of amides is 1. The van der Waals surface area contributed by atoms with Gasteiger partial charge >= 0.3 is 0 Å². The minimum Gasteiger partial charge on any atom is -0.337 e. The molecule has 8 heteroatoms. The molecule has 1 fully saturated rings. The summed E-state index contributed by atoms with van der Waals surface area (Å²) in [7, 11) is 0. The van der Waals surface area contributed by atoms with Crippen LogP contribution in [0.25, 0.3) is 0 Å². The van der Waals surface area contributed by atoms with Crippen molar-refractivity contribution >= 4 is 27.6 Å². The number of Topliss-reactive ketones (excluding diaryl/α,β-unsaturated/α-hetero) is 1. The first-order valence-corrected chi connectivity index (χ1v) is 8.66. The van der Waals surface area contributed by atoms with E-state index in [1.54, 1.807) is 11.8 Å². The SMILES string of the molecule is Cc1[nH]nc(C(=O)N2CCC(C(=O)c3cc(F)ccc3F)CC2)c1Br. The van der Waals surface area contributed by atoms with Crippen molar-refractivity contribution in [3.05, 3.63) is 51.3 Å². The van der Waals surface area contributed by atoms with Crippen LogP contribution in [0.5, 0.6) is 0 Å². The van der Waals surface area contributed by atoms with Gasteiger partial charge in [-0.25, -0.2) is 8.78 Å². The van der Waals surface area contributed by atoms with Crippen LogP contribution < -0.4 is 0 Å². The summed E-state index contributed by atoms with van der Waals surface area (Å²) in [5.74, 6) is -2.43. The number of halogens is 3. The van der Waals surface area contributed by atoms with Crippen LogP contribution in [0.4, 0.5) is 8.78 Å². The maximum Gasteiger partial charge on any atom is 0.275 e. The van der Waals surface area contributed by atoms with Crippen molar-refractivity contribution in [2.24, 2.45) is 5.92 Å². The number of hydrogen-bond donors (Lipinski definition) is 1. The van der Waals surface area contributed by atoms with Crippen molar-refractivity contribution in [3.8, 4) is 0 Å². The number of hydrogen-bond acceptors (Lipinski definition) is 3. The van der Waals surface area contributed by atoms with Gasteiger partial charge in [0.15, 0.2) is 11.5 Å². The van der Waals surface area contributed by atoms with E-state index in [2.05, 4.69) is 26.1 Å². The summed E-state index contributed by atoms with van der Waals surface area (Å²) >= 11 is 3.33. The van der Waals surface area contributed by atoms with E-state index in [9.17, 15) is 18.4 Å². The Balaban J connectivity index is 1.67. The van der Waals surface area contributed by atoms with E-state index in [1.165, 1.54) is 0 Å². The number of rotatable bonds is 3. The second-order valence-corrected chi connectivity index (χ2v) is 6.86. The number of H-pyrrole nitrogens is 1. The predicted octanol–water partition coefficient (Wildman–Crippen LogP) is 3.49. The molecule has 1 N–H and O–H groups in total. The van der Waals surface area contributed by atoms with Crippen molar-refractivity contribution < 1.29 is 18.4 Å². The minimum atomic E-state index is -0.721. The molecule has 2 aromatic rings. The average Bonchev–Trinajstić information content (AvgIpc) is 2.95. The fourth-order valence-corrected chi connectivity index (χ4v) is 3.30. The van der Waals surface area contributed by atoms with E-state index in [0.29, 0.717) is 36.1 Å². The molecule has 0 saturated carbocycles. The third kappa shape index (κ3) is 3.49. The zero-order valence-electron chi connectivity index (χ0n) is 13.5. The molecular weight excluding hydrogens is 396 g/mol. The third-order valence-corrected chi connectivity index (χ3v) is 5.39. The van der Waals surface area contributed by atoms with Crippen LogP contribution in [0.15, 0.2) is 22.7 Å². The first-order valence-electron chi connectivity index (χ1n) is 7.87. The van der Waals surface area contributed by atoms with Gasteiger partial charge in [-0.15, -0.1) is 0 Å². The number of piperidine rings is 1. The topological polar surface area (TPSA) is 66.1 Å². The molecule has 1 aromatic heterocycles. The van der Waals surface area contributed by atoms with Crippen LogP contribution in [0, 0.1) is 24.5 Å². The summed E-state index contributed by atoms with van der Waals surface area (Å²) in [4.78, 5) is 26.6. The quantitative estimate of drug-likeness (QED) is 0.785. The van der Waals surface area contributed by atoms with Crippen LogP contribution >= 0.6 is 15.9 Å². The van der Waals surface area contributed by atoms with E-state index in [-0.39, 0.29) is 11.5 Å². The highest BCUT2D eigenvalue weighted by molar-refractivity contribution is 9.10. The highest BCUT2D eigenvalue weighted by Gasteiger charge is 2.31. The van der Waals surface area contributed by atoms with Gasteiger partial charge < -0.3 is 4.90 Å². The molecule has 132 valence electrons. The average molecular weight is 412 g/mol. The lowest BCUT2D eigenvalue weighted by molar-refractivity contribution is 0.0643. The van der Waals surface area contributed by atoms with Crippen molar-refractivity contribution in [2.45, 2.75) is 19.8 Å². The molecule has 0 spiro atoms. The number of nitrogens with one attached hydrogen (secondary N) is 1. The fraction of sp³-hybridized carbons (Fsp3) is 0.353. The zero-order chi connectivity index (χ0) is 18.1.